The molecule has 2 N–H and O–H groups in total. The van der Waals surface area contributed by atoms with Gasteiger partial charge >= 0.3 is 12.1 Å². The quantitative estimate of drug-likeness (QED) is 0.0168. The number of nitrogens with one attached hydrogen (secondary N) is 2. The predicted molar refractivity (Wildman–Crippen MR) is 281 cm³/mol. The van der Waals surface area contributed by atoms with Crippen molar-refractivity contribution >= 4 is 81.3 Å². The number of carbonyl (C=O) groups is 4. The van der Waals surface area contributed by atoms with Gasteiger partial charge in [-0.1, -0.05) is 169 Å². The van der Waals surface area contributed by atoms with Crippen molar-refractivity contribution in [3.63, 3.8) is 0 Å². The van der Waals surface area contributed by atoms with Gasteiger partial charge in [0.15, 0.2) is 22.1 Å². The van der Waals surface area contributed by atoms with Gasteiger partial charge in [-0.15, -0.1) is 45.1 Å². The lowest BCUT2D eigenvalue weighted by Crippen LogP contribution is -2.71. The Balaban J connectivity index is 1.06. The van der Waals surface area contributed by atoms with Crippen LogP contribution in [0.25, 0.3) is 0 Å². The summed E-state index contributed by atoms with van der Waals surface area (Å²) in [5.74, 6) is -1.67. The predicted octanol–water partition coefficient (Wildman–Crippen LogP) is 9.76. The Morgan fingerprint density at radius 3 is 1.89 bits per heavy atom. The van der Waals surface area contributed by atoms with Crippen LogP contribution in [-0.4, -0.2) is 82.1 Å². The number of ether oxygens (including phenoxy) is 2. The van der Waals surface area contributed by atoms with Crippen molar-refractivity contribution in [3.05, 3.63) is 207 Å². The van der Waals surface area contributed by atoms with Crippen LogP contribution in [0.3, 0.4) is 0 Å². The SMILES string of the molecule is Cn1cnnc1SCSC1=C(C(=O)OC(c2ccccc2)c2ccccc2)N2C(=O)[C@@H](NC(=O)/C(=N\OC(c3ccccc3)(c3ccccc3)c3ccccc3)c3csc(NC(=O)OC(C)(C)C)n3)[C@H]2SC1. The van der Waals surface area contributed by atoms with E-state index in [1.807, 2.05) is 159 Å². The molecule has 366 valence electrons. The van der Waals surface area contributed by atoms with Crippen LogP contribution >= 0.6 is 46.6 Å². The standard InChI is InChI=1S/C53H48N8O7S4/c1-52(2,3)67-51(65)57-49-55-39(30-70-49)41(59-68-53(36-24-14-7-15-25-36,37-26-16-8-17-27-37)38-28-18-9-19-29-38)45(62)56-42-46(63)61-43(40(31-69-47(42)61)71-33-72-50-58-54-32-60(50)4)48(64)66-44(34-20-10-5-11-21-34)35-22-12-6-13-23-35/h5-30,32,42,44,47H,31,33H2,1-4H3,(H,56,62)(H,55,57,65)/b59-41-/t42-,47-/m1/s1. The fourth-order valence-electron chi connectivity index (χ4n) is 8.03. The minimum absolute atomic E-state index is 0.0581. The largest absolute Gasteiger partial charge is 0.448 e. The Hall–Kier alpha value is -7.19. The molecule has 0 aliphatic carbocycles. The first kappa shape index (κ1) is 49.8. The van der Waals surface area contributed by atoms with Crippen LogP contribution in [0.4, 0.5) is 9.93 Å². The Morgan fingerprint density at radius 2 is 1.36 bits per heavy atom. The smallest absolute Gasteiger partial charge is 0.413 e. The summed E-state index contributed by atoms with van der Waals surface area (Å²) in [6, 6.07) is 46.3. The number of aromatic nitrogens is 4. The normalized spacial score (nSPS) is 15.9. The molecule has 2 aromatic heterocycles. The summed E-state index contributed by atoms with van der Waals surface area (Å²) < 4.78 is 13.7. The monoisotopic (exact) mass is 1040 g/mol. The fraction of sp³-hybridized carbons (Fsp3) is 0.208. The van der Waals surface area contributed by atoms with Crippen LogP contribution in [0.2, 0.25) is 0 Å². The number of hydrogen-bond donors (Lipinski definition) is 2. The van der Waals surface area contributed by atoms with Crippen molar-refractivity contribution in [1.29, 1.82) is 0 Å². The zero-order valence-corrected chi connectivity index (χ0v) is 42.7. The van der Waals surface area contributed by atoms with Gasteiger partial charge in [-0.25, -0.2) is 14.6 Å². The van der Waals surface area contributed by atoms with Gasteiger partial charge in [0, 0.05) is 39.8 Å². The fourth-order valence-corrected chi connectivity index (χ4v) is 12.3. The highest BCUT2D eigenvalue weighted by Gasteiger charge is 2.55. The Labute approximate surface area is 432 Å². The molecule has 0 unspecified atom stereocenters. The lowest BCUT2D eigenvalue weighted by molar-refractivity contribution is -0.154. The number of anilines is 1. The zero-order chi connectivity index (χ0) is 50.2. The minimum Gasteiger partial charge on any atom is -0.448 e. The van der Waals surface area contributed by atoms with Gasteiger partial charge in [-0.05, 0) is 31.9 Å². The molecule has 19 heteroatoms. The second-order valence-corrected chi connectivity index (χ2v) is 21.7. The molecule has 0 saturated carbocycles. The molecule has 0 radical (unpaired) electrons. The number of carbonyl (C=O) groups excluding carboxylic acids is 4. The number of aryl methyl sites for hydroxylation is 1. The number of β-lactam (4-membered cyclic amide) rings is 1. The van der Waals surface area contributed by atoms with E-state index < -0.39 is 52.6 Å². The third-order valence-electron chi connectivity index (χ3n) is 11.3. The van der Waals surface area contributed by atoms with Crippen LogP contribution in [0.15, 0.2) is 184 Å². The first-order valence-corrected chi connectivity index (χ1v) is 26.6. The van der Waals surface area contributed by atoms with E-state index >= 15 is 0 Å². The van der Waals surface area contributed by atoms with Gasteiger partial charge in [0.05, 0.1) is 5.08 Å². The van der Waals surface area contributed by atoms with E-state index in [2.05, 4.69) is 31.0 Å². The van der Waals surface area contributed by atoms with Crippen molar-refractivity contribution in [2.75, 3.05) is 16.2 Å². The molecule has 7 aromatic rings. The second kappa shape index (κ2) is 22.1. The van der Waals surface area contributed by atoms with E-state index in [1.54, 1.807) is 37.0 Å². The summed E-state index contributed by atoms with van der Waals surface area (Å²) in [4.78, 5) is 70.7. The Bertz CT molecular complexity index is 2960. The molecule has 9 rings (SSSR count). The molecule has 0 spiro atoms. The van der Waals surface area contributed by atoms with Gasteiger partial charge in [0.2, 0.25) is 5.60 Å². The molecule has 4 heterocycles. The Morgan fingerprint density at radius 1 is 0.806 bits per heavy atom. The summed E-state index contributed by atoms with van der Waals surface area (Å²) in [7, 11) is 1.85. The maximum Gasteiger partial charge on any atom is 0.413 e. The van der Waals surface area contributed by atoms with E-state index in [9.17, 15) is 19.2 Å². The van der Waals surface area contributed by atoms with Gasteiger partial charge in [0.25, 0.3) is 11.8 Å². The molecule has 1 fully saturated rings. The number of nitrogens with zero attached hydrogens (tertiary/aromatic N) is 6. The molecule has 2 atom stereocenters. The highest BCUT2D eigenvalue weighted by atomic mass is 32.2. The van der Waals surface area contributed by atoms with E-state index in [1.165, 1.54) is 40.2 Å². The lowest BCUT2D eigenvalue weighted by Gasteiger charge is -2.49. The molecule has 5 aromatic carbocycles. The minimum atomic E-state index is -1.39. The number of thioether (sulfide) groups is 3. The highest BCUT2D eigenvalue weighted by Crippen LogP contribution is 2.46. The number of esters is 1. The first-order chi connectivity index (χ1) is 34.9. The third-order valence-corrected chi connectivity index (χ3v) is 15.8. The van der Waals surface area contributed by atoms with Crippen LogP contribution < -0.4 is 10.6 Å². The molecule has 1 saturated heterocycles. The van der Waals surface area contributed by atoms with Crippen molar-refractivity contribution in [2.45, 2.75) is 54.6 Å². The molecular weight excluding hydrogens is 989 g/mol. The summed E-state index contributed by atoms with van der Waals surface area (Å²) >= 11 is 5.31. The molecule has 72 heavy (non-hydrogen) atoms. The average molecular weight is 1040 g/mol. The van der Waals surface area contributed by atoms with Crippen LogP contribution in [0.1, 0.15) is 60.4 Å². The number of hydrogen-bond acceptors (Lipinski definition) is 15. The summed E-state index contributed by atoms with van der Waals surface area (Å²) in [5, 5.41) is 20.5. The van der Waals surface area contributed by atoms with Gasteiger partial charge in [0.1, 0.15) is 34.7 Å². The van der Waals surface area contributed by atoms with Crippen molar-refractivity contribution < 1.29 is 33.5 Å². The zero-order valence-electron chi connectivity index (χ0n) is 39.4. The highest BCUT2D eigenvalue weighted by molar-refractivity contribution is 8.18. The number of amides is 3. The van der Waals surface area contributed by atoms with Crippen LogP contribution in [0, 0.1) is 0 Å². The first-order valence-electron chi connectivity index (χ1n) is 22.7. The second-order valence-electron chi connectivity index (χ2n) is 17.3. The van der Waals surface area contributed by atoms with Crippen LogP contribution in [0.5, 0.6) is 0 Å². The van der Waals surface area contributed by atoms with Crippen molar-refractivity contribution in [2.24, 2.45) is 12.2 Å². The number of oxime groups is 1. The lowest BCUT2D eigenvalue weighted by atomic mass is 9.80. The van der Waals surface area contributed by atoms with E-state index in [-0.39, 0.29) is 22.2 Å². The van der Waals surface area contributed by atoms with Gasteiger partial charge < -0.3 is 24.2 Å². The molecule has 15 nitrogen and oxygen atoms in total. The van der Waals surface area contributed by atoms with Crippen molar-refractivity contribution in [3.8, 4) is 0 Å². The summed E-state index contributed by atoms with van der Waals surface area (Å²) in [5.41, 5.74) is 1.37. The van der Waals surface area contributed by atoms with Crippen LogP contribution in [-0.2, 0) is 41.3 Å². The number of thiazole rings is 1. The average Bonchev–Trinajstić information content (AvgIpc) is 4.04. The van der Waals surface area contributed by atoms with E-state index in [4.69, 9.17) is 14.3 Å². The van der Waals surface area contributed by atoms with E-state index in [0.29, 0.717) is 20.9 Å². The van der Waals surface area contributed by atoms with E-state index in [0.717, 1.165) is 39.2 Å². The Kier molecular flexibility index (Phi) is 15.3. The molecule has 0 bridgehead atoms. The number of rotatable bonds is 17. The molecule has 2 aliphatic heterocycles. The maximum absolute atomic E-state index is 15.0. The van der Waals surface area contributed by atoms with Crippen molar-refractivity contribution in [1.82, 2.24) is 30.0 Å². The molecule has 3 amide bonds. The maximum atomic E-state index is 15.0. The van der Waals surface area contributed by atoms with Gasteiger partial charge in [-0.3, -0.25) is 19.8 Å². The molecular formula is C53H48N8O7S4. The number of benzene rings is 5. The third kappa shape index (κ3) is 11.0. The number of fused-ring (bicyclic) bond motifs is 1. The molecule has 2 aliphatic rings. The summed E-state index contributed by atoms with van der Waals surface area (Å²) in [6.07, 6.45) is 0.0894. The van der Waals surface area contributed by atoms with Gasteiger partial charge in [-0.2, -0.15) is 0 Å². The summed E-state index contributed by atoms with van der Waals surface area (Å²) in [6.45, 7) is 5.23. The topological polar surface area (TPSA) is 179 Å².